The Morgan fingerprint density at radius 1 is 1.09 bits per heavy atom. The van der Waals surface area contributed by atoms with Gasteiger partial charge in [-0.15, -0.1) is 0 Å². The number of ketones is 1. The molecule has 1 saturated heterocycles. The summed E-state index contributed by atoms with van der Waals surface area (Å²) in [6, 6.07) is 1.90. The summed E-state index contributed by atoms with van der Waals surface area (Å²) in [5, 5.41) is 4.62. The van der Waals surface area contributed by atoms with E-state index in [1.807, 2.05) is 0 Å². The SMILES string of the molecule is CC[C@@H]1C[C@]1(NC(=O)[C@@H]1C[C@@H](OC(=O)N2Cc3cccc(F)c3C2)CN1C(=O)[C@H](CCC(=O)C1=CCC1)NC(=O)OC(C)(C)C)C(=O)NS(=O)(=O)C1CC1. The summed E-state index contributed by atoms with van der Waals surface area (Å²) in [6.07, 6.45) is 1.54. The minimum atomic E-state index is -3.93. The number of rotatable bonds is 13. The third-order valence-corrected chi connectivity index (χ3v) is 12.5. The van der Waals surface area contributed by atoms with E-state index in [4.69, 9.17) is 9.47 Å². The van der Waals surface area contributed by atoms with E-state index < -0.39 is 80.3 Å². The van der Waals surface area contributed by atoms with Crippen LogP contribution in [0, 0.1) is 11.7 Å². The lowest BCUT2D eigenvalue weighted by atomic mass is 9.92. The monoisotopic (exact) mass is 773 g/mol. The predicted molar refractivity (Wildman–Crippen MR) is 190 cm³/mol. The van der Waals surface area contributed by atoms with Gasteiger partial charge < -0.3 is 25.0 Å². The lowest BCUT2D eigenvalue weighted by molar-refractivity contribution is -0.141. The summed E-state index contributed by atoms with van der Waals surface area (Å²) in [7, 11) is -3.93. The van der Waals surface area contributed by atoms with Crippen molar-refractivity contribution in [2.75, 3.05) is 6.54 Å². The van der Waals surface area contributed by atoms with Crippen LogP contribution in [0.25, 0.3) is 0 Å². The fourth-order valence-corrected chi connectivity index (χ4v) is 8.65. The fraction of sp³-hybridized carbons (Fsp3) is 0.622. The van der Waals surface area contributed by atoms with Crippen molar-refractivity contribution in [3.8, 4) is 0 Å². The molecule has 2 heterocycles. The first kappa shape index (κ1) is 39.2. The Morgan fingerprint density at radius 2 is 1.81 bits per heavy atom. The molecule has 3 fully saturated rings. The highest BCUT2D eigenvalue weighted by atomic mass is 32.2. The van der Waals surface area contributed by atoms with Gasteiger partial charge in [-0.2, -0.15) is 0 Å². The van der Waals surface area contributed by atoms with E-state index in [-0.39, 0.29) is 57.0 Å². The molecule has 2 aliphatic heterocycles. The lowest BCUT2D eigenvalue weighted by Gasteiger charge is -2.30. The third-order valence-electron chi connectivity index (χ3n) is 10.7. The molecule has 17 heteroatoms. The van der Waals surface area contributed by atoms with Crippen molar-refractivity contribution < 1.29 is 51.0 Å². The van der Waals surface area contributed by atoms with Crippen LogP contribution in [0.4, 0.5) is 14.0 Å². The quantitative estimate of drug-likeness (QED) is 0.268. The number of hydrogen-bond acceptors (Lipinski definition) is 10. The number of allylic oxidation sites excluding steroid dienone is 2. The molecular weight excluding hydrogens is 725 g/mol. The Morgan fingerprint density at radius 3 is 2.41 bits per heavy atom. The summed E-state index contributed by atoms with van der Waals surface area (Å²) in [6.45, 7) is 6.52. The van der Waals surface area contributed by atoms with Crippen LogP contribution in [0.15, 0.2) is 29.8 Å². The van der Waals surface area contributed by atoms with Crippen molar-refractivity contribution in [1.29, 1.82) is 0 Å². The molecule has 3 aliphatic carbocycles. The van der Waals surface area contributed by atoms with E-state index in [1.54, 1.807) is 45.9 Å². The van der Waals surface area contributed by atoms with Gasteiger partial charge >= 0.3 is 12.2 Å². The number of Topliss-reactive ketones (excluding diaryl/α,β-unsaturated/α-hetero) is 1. The molecule has 2 saturated carbocycles. The first-order chi connectivity index (χ1) is 25.4. The highest BCUT2D eigenvalue weighted by Gasteiger charge is 2.62. The summed E-state index contributed by atoms with van der Waals surface area (Å²) in [5.74, 6) is -3.39. The highest BCUT2D eigenvalue weighted by Crippen LogP contribution is 2.47. The van der Waals surface area contributed by atoms with Gasteiger partial charge in [-0.1, -0.05) is 31.6 Å². The van der Waals surface area contributed by atoms with Crippen molar-refractivity contribution in [3.05, 3.63) is 46.8 Å². The number of ether oxygens (including phenoxy) is 2. The molecule has 0 spiro atoms. The molecule has 0 aromatic heterocycles. The van der Waals surface area contributed by atoms with Gasteiger partial charge in [-0.25, -0.2) is 22.4 Å². The maximum absolute atomic E-state index is 14.4. The van der Waals surface area contributed by atoms with Gasteiger partial charge in [-0.05, 0) is 82.4 Å². The van der Waals surface area contributed by atoms with Crippen LogP contribution in [-0.4, -0.2) is 95.0 Å². The van der Waals surface area contributed by atoms with Crippen LogP contribution in [-0.2, 0) is 51.8 Å². The molecule has 5 amide bonds. The number of nitrogens with one attached hydrogen (secondary N) is 3. The van der Waals surface area contributed by atoms with Crippen LogP contribution in [0.1, 0.15) is 96.6 Å². The first-order valence-electron chi connectivity index (χ1n) is 18.5. The summed E-state index contributed by atoms with van der Waals surface area (Å²) >= 11 is 0. The molecule has 5 aliphatic rings. The molecule has 1 aromatic rings. The molecule has 54 heavy (non-hydrogen) atoms. The summed E-state index contributed by atoms with van der Waals surface area (Å²) < 4.78 is 53.1. The Hall–Kier alpha value is -4.54. The average molecular weight is 774 g/mol. The van der Waals surface area contributed by atoms with Crippen molar-refractivity contribution >= 4 is 45.7 Å². The Bertz CT molecular complexity index is 1880. The standard InChI is InChI=1S/C37H48FN5O10S/c1-5-23-17-37(23,33(47)41-54(50,51)25-12-13-25)40-31(45)29-16-24(52-35(49)42-18-22-10-7-11-27(38)26(22)20-42)19-43(29)32(46)28(39-34(48)53-36(2,3)4)14-15-30(44)21-8-6-9-21/h7-8,10-11,23-25,28-29H,5-6,9,12-20H2,1-4H3,(H,39,48)(H,40,45)(H,41,47)/t23-,24-,28+,29+,37-/m1/s1. The largest absolute Gasteiger partial charge is 0.444 e. The summed E-state index contributed by atoms with van der Waals surface area (Å²) in [5.41, 5.74) is -0.840. The molecule has 0 bridgehead atoms. The molecule has 6 rings (SSSR count). The van der Waals surface area contributed by atoms with Gasteiger partial charge in [0, 0.05) is 24.9 Å². The molecule has 294 valence electrons. The average Bonchev–Trinajstić information content (AvgIpc) is 3.95. The minimum Gasteiger partial charge on any atom is -0.444 e. The van der Waals surface area contributed by atoms with Crippen molar-refractivity contribution in [3.63, 3.8) is 0 Å². The van der Waals surface area contributed by atoms with Crippen LogP contribution >= 0.6 is 0 Å². The van der Waals surface area contributed by atoms with Crippen molar-refractivity contribution in [2.45, 2.75) is 133 Å². The minimum absolute atomic E-state index is 0.0354. The number of likely N-dealkylation sites (tertiary alicyclic amines) is 1. The molecule has 0 radical (unpaired) electrons. The molecule has 3 N–H and O–H groups in total. The van der Waals surface area contributed by atoms with Crippen molar-refractivity contribution in [2.24, 2.45) is 5.92 Å². The van der Waals surface area contributed by atoms with Gasteiger partial charge in [0.1, 0.15) is 35.1 Å². The number of halogens is 1. The van der Waals surface area contributed by atoms with E-state index in [2.05, 4.69) is 15.4 Å². The maximum Gasteiger partial charge on any atom is 0.410 e. The zero-order valence-corrected chi connectivity index (χ0v) is 31.8. The number of sulfonamides is 1. The Balaban J connectivity index is 1.23. The number of alkyl carbamates (subject to hydrolysis) is 1. The second-order valence-corrected chi connectivity index (χ2v) is 17.8. The number of amides is 5. The number of fused-ring (bicyclic) bond motifs is 1. The summed E-state index contributed by atoms with van der Waals surface area (Å²) in [4.78, 5) is 83.7. The zero-order chi connectivity index (χ0) is 39.2. The van der Waals surface area contributed by atoms with Gasteiger partial charge in [0.15, 0.2) is 5.78 Å². The highest BCUT2D eigenvalue weighted by molar-refractivity contribution is 7.91. The van der Waals surface area contributed by atoms with E-state index in [0.717, 1.165) is 11.3 Å². The Labute approximate surface area is 313 Å². The molecule has 1 aromatic carbocycles. The lowest BCUT2D eigenvalue weighted by Crippen LogP contribution is -2.58. The second-order valence-electron chi connectivity index (χ2n) is 15.9. The van der Waals surface area contributed by atoms with Crippen LogP contribution in [0.3, 0.4) is 0 Å². The van der Waals surface area contributed by atoms with E-state index >= 15 is 0 Å². The number of carbonyl (C=O) groups excluding carboxylic acids is 6. The van der Waals surface area contributed by atoms with Gasteiger partial charge in [0.05, 0.1) is 18.3 Å². The fourth-order valence-electron chi connectivity index (χ4n) is 7.28. The molecular formula is C37H48FN5O10S. The topological polar surface area (TPSA) is 198 Å². The van der Waals surface area contributed by atoms with Crippen LogP contribution in [0.2, 0.25) is 0 Å². The molecule has 0 unspecified atom stereocenters. The van der Waals surface area contributed by atoms with E-state index in [1.165, 1.54) is 11.0 Å². The predicted octanol–water partition coefficient (Wildman–Crippen LogP) is 3.10. The maximum atomic E-state index is 14.4. The number of nitrogens with zero attached hydrogens (tertiary/aromatic N) is 2. The van der Waals surface area contributed by atoms with Gasteiger partial charge in [0.2, 0.25) is 21.8 Å². The first-order valence-corrected chi connectivity index (χ1v) is 20.1. The smallest absolute Gasteiger partial charge is 0.410 e. The van der Waals surface area contributed by atoms with Gasteiger partial charge in [-0.3, -0.25) is 28.8 Å². The number of carbonyl (C=O) groups is 6. The van der Waals surface area contributed by atoms with Crippen LogP contribution < -0.4 is 15.4 Å². The normalized spacial score (nSPS) is 25.1. The van der Waals surface area contributed by atoms with Crippen molar-refractivity contribution in [1.82, 2.24) is 25.2 Å². The molecule has 15 nitrogen and oxygen atoms in total. The zero-order valence-electron chi connectivity index (χ0n) is 30.9. The number of hydrogen-bond donors (Lipinski definition) is 3. The molecule has 5 atom stereocenters. The van der Waals surface area contributed by atoms with E-state index in [0.29, 0.717) is 42.4 Å². The van der Waals surface area contributed by atoms with Crippen LogP contribution in [0.5, 0.6) is 0 Å². The Kier molecular flexibility index (Phi) is 10.8. The third kappa shape index (κ3) is 8.55. The van der Waals surface area contributed by atoms with E-state index in [9.17, 15) is 41.6 Å². The van der Waals surface area contributed by atoms with Gasteiger partial charge in [0.25, 0.3) is 5.91 Å². The second kappa shape index (κ2) is 14.9. The number of benzene rings is 1.